The molecule has 4 saturated heterocycles. The highest BCUT2D eigenvalue weighted by Gasteiger charge is 2.45. The summed E-state index contributed by atoms with van der Waals surface area (Å²) >= 11 is 1.57. The van der Waals surface area contributed by atoms with Crippen LogP contribution < -0.4 is 31.3 Å². The molecule has 2 unspecified atom stereocenters. The van der Waals surface area contributed by atoms with Gasteiger partial charge in [-0.15, -0.1) is 11.3 Å². The quantitative estimate of drug-likeness (QED) is 0.0637. The molecule has 4 aliphatic heterocycles. The maximum Gasteiger partial charge on any atom is 0.319 e. The summed E-state index contributed by atoms with van der Waals surface area (Å²) in [4.78, 5) is 71.3. The number of thiazole rings is 1. The second-order valence-corrected chi connectivity index (χ2v) is 22.8. The molecule has 0 radical (unpaired) electrons. The van der Waals surface area contributed by atoms with Crippen molar-refractivity contribution in [2.75, 3.05) is 50.0 Å². The van der Waals surface area contributed by atoms with Gasteiger partial charge in [-0.1, -0.05) is 64.1 Å². The SMILES string of the molecule is Cc1ncsc1-c1ccc([C@H](C)NC(=O)[C@@H]2C[C@@H](O)CN2C(=O)[C@@H](NC(=O)CCCCN2C[C@@H](C)[C@H]2COc2nc(N3CC4CCC(C3)N4)c3cnc(-c4nc(N)cc5cccc(F)c45)c(F)c3n2)C(C)(C)C)cc1. The van der Waals surface area contributed by atoms with E-state index in [1.807, 2.05) is 64.4 Å². The molecule has 2 aromatic carbocycles. The van der Waals surface area contributed by atoms with E-state index in [1.54, 1.807) is 23.5 Å². The minimum atomic E-state index is -0.934. The Kier molecular flexibility index (Phi) is 14.7. The third kappa shape index (κ3) is 10.8. The molecule has 8 atom stereocenters. The number of anilines is 2. The molecular weight excluding hydrogens is 979 g/mol. The average molecular weight is 1050 g/mol. The van der Waals surface area contributed by atoms with Crippen molar-refractivity contribution in [3.8, 4) is 27.8 Å². The average Bonchev–Trinajstić information content (AvgIpc) is 4.09. The van der Waals surface area contributed by atoms with Crippen LogP contribution in [0.15, 0.2) is 60.2 Å². The molecule has 10 rings (SSSR count). The fourth-order valence-electron chi connectivity index (χ4n) is 11.3. The summed E-state index contributed by atoms with van der Waals surface area (Å²) in [5.41, 5.74) is 9.94. The number of hydrogen-bond donors (Lipinski definition) is 5. The van der Waals surface area contributed by atoms with E-state index in [0.29, 0.717) is 49.1 Å². The topological polar surface area (TPSA) is 217 Å². The van der Waals surface area contributed by atoms with Gasteiger partial charge in [0.15, 0.2) is 5.82 Å². The molecule has 6 aromatic rings. The molecule has 2 bridgehead atoms. The lowest BCUT2D eigenvalue weighted by molar-refractivity contribution is -0.144. The van der Waals surface area contributed by atoms with Crippen LogP contribution in [0.1, 0.15) is 90.4 Å². The first-order valence-electron chi connectivity index (χ1n) is 26.1. The molecule has 17 nitrogen and oxygen atoms in total. The second-order valence-electron chi connectivity index (χ2n) is 22.0. The zero-order chi connectivity index (χ0) is 52.9. The van der Waals surface area contributed by atoms with Crippen molar-refractivity contribution < 1.29 is 33.0 Å². The van der Waals surface area contributed by atoms with Crippen molar-refractivity contribution in [1.82, 2.24) is 50.7 Å². The number of carbonyl (C=O) groups is 3. The van der Waals surface area contributed by atoms with Crippen LogP contribution in [0.2, 0.25) is 0 Å². The second kappa shape index (κ2) is 21.3. The summed E-state index contributed by atoms with van der Waals surface area (Å²) in [7, 11) is 0. The van der Waals surface area contributed by atoms with Crippen LogP contribution in [-0.2, 0) is 14.4 Å². The van der Waals surface area contributed by atoms with Gasteiger partial charge in [-0.25, -0.2) is 18.7 Å². The number of carbonyl (C=O) groups excluding carboxylic acids is 3. The maximum absolute atomic E-state index is 17.0. The van der Waals surface area contributed by atoms with Crippen LogP contribution >= 0.6 is 11.3 Å². The number of piperazine rings is 1. The Morgan fingerprint density at radius 2 is 1.73 bits per heavy atom. The highest BCUT2D eigenvalue weighted by molar-refractivity contribution is 7.13. The van der Waals surface area contributed by atoms with E-state index >= 15 is 8.78 Å². The van der Waals surface area contributed by atoms with E-state index < -0.39 is 41.1 Å². The maximum atomic E-state index is 17.0. The Labute approximate surface area is 439 Å². The number of aromatic nitrogens is 5. The van der Waals surface area contributed by atoms with Crippen molar-refractivity contribution in [2.45, 2.75) is 122 Å². The summed E-state index contributed by atoms with van der Waals surface area (Å²) < 4.78 is 38.7. The van der Waals surface area contributed by atoms with E-state index in [1.165, 1.54) is 23.2 Å². The number of nitrogens with one attached hydrogen (secondary N) is 3. The van der Waals surface area contributed by atoms with Crippen LogP contribution in [-0.4, -0.2) is 133 Å². The van der Waals surface area contributed by atoms with E-state index in [2.05, 4.69) is 52.6 Å². The normalized spacial score (nSPS) is 22.6. The van der Waals surface area contributed by atoms with E-state index in [4.69, 9.17) is 15.5 Å². The molecule has 6 N–H and O–H groups in total. The predicted octanol–water partition coefficient (Wildman–Crippen LogP) is 6.71. The Bertz CT molecular complexity index is 3110. The third-order valence-corrected chi connectivity index (χ3v) is 16.4. The molecule has 20 heteroatoms. The standard InChI is InChI=1S/C55H66F2N12O5S/c1-29-23-67(19-8-7-12-43(71)64-50(55(4,5)6)53(73)69-26-37(70)21-40(69)52(72)61-30(2)32-13-15-33(16-14-32)49-31(3)60-28-75-49)41(29)27-74-54-65-46-38(51(66-54)68-24-35-17-18-36(25-68)62-35)22-59-48(45(46)57)47-44-34(20-42(58)63-47)10-9-11-39(44)56/h9-11,13-16,20,22,28-30,35-37,40-41,50,62,70H,7-8,12,17-19,21,23-27H2,1-6H3,(H2,58,63)(H,61,72)(H,64,71)/t29-,30+,35?,36?,37-,40+,41-,50-/m1/s1. The molecule has 8 heterocycles. The van der Waals surface area contributed by atoms with Gasteiger partial charge in [-0.2, -0.15) is 9.97 Å². The summed E-state index contributed by atoms with van der Waals surface area (Å²) in [6.45, 7) is 14.7. The number of nitrogens with zero attached hydrogens (tertiary/aromatic N) is 8. The predicted molar refractivity (Wildman–Crippen MR) is 285 cm³/mol. The van der Waals surface area contributed by atoms with Crippen LogP contribution in [0.25, 0.3) is 43.5 Å². The van der Waals surface area contributed by atoms with Gasteiger partial charge >= 0.3 is 6.01 Å². The minimum absolute atomic E-state index is 0.00572. The smallest absolute Gasteiger partial charge is 0.319 e. The van der Waals surface area contributed by atoms with Crippen molar-refractivity contribution >= 4 is 62.4 Å². The molecule has 75 heavy (non-hydrogen) atoms. The van der Waals surface area contributed by atoms with E-state index in [9.17, 15) is 19.5 Å². The number of fused-ring (bicyclic) bond motifs is 4. The van der Waals surface area contributed by atoms with Gasteiger partial charge in [0.1, 0.15) is 53.0 Å². The van der Waals surface area contributed by atoms with Crippen LogP contribution in [0, 0.1) is 29.9 Å². The van der Waals surface area contributed by atoms with E-state index in [0.717, 1.165) is 41.1 Å². The van der Waals surface area contributed by atoms with Crippen molar-refractivity contribution in [1.29, 1.82) is 0 Å². The minimum Gasteiger partial charge on any atom is -0.462 e. The van der Waals surface area contributed by atoms with Crippen LogP contribution in [0.5, 0.6) is 6.01 Å². The molecule has 4 aliphatic rings. The number of nitrogen functional groups attached to an aromatic ring is 1. The monoisotopic (exact) mass is 1040 g/mol. The summed E-state index contributed by atoms with van der Waals surface area (Å²) in [6.07, 6.45) is 4.24. The first kappa shape index (κ1) is 52.0. The van der Waals surface area contributed by atoms with Crippen LogP contribution in [0.3, 0.4) is 0 Å². The van der Waals surface area contributed by atoms with Crippen molar-refractivity contribution in [3.05, 3.63) is 83.1 Å². The number of pyridine rings is 2. The Balaban J connectivity index is 0.763. The Morgan fingerprint density at radius 1 is 0.973 bits per heavy atom. The number of β-amino-alcohol motifs (C(OH)–C–C–N with tert-alkyl or cyclic N) is 1. The van der Waals surface area contributed by atoms with Crippen molar-refractivity contribution in [3.63, 3.8) is 0 Å². The number of nitrogens with two attached hydrogens (primary N) is 1. The number of rotatable bonds is 16. The summed E-state index contributed by atoms with van der Waals surface area (Å²) in [5, 5.41) is 21.4. The van der Waals surface area contributed by atoms with Gasteiger partial charge in [0.2, 0.25) is 17.7 Å². The van der Waals surface area contributed by atoms with Crippen molar-refractivity contribution in [2.24, 2.45) is 11.3 Å². The number of hydrogen-bond acceptors (Lipinski definition) is 15. The number of aliphatic hydroxyl groups excluding tert-OH is 1. The van der Waals surface area contributed by atoms with Gasteiger partial charge in [-0.05, 0) is 86.1 Å². The number of aliphatic hydroxyl groups is 1. The molecular formula is C55H66F2N12O5S. The molecule has 4 fully saturated rings. The van der Waals surface area contributed by atoms with Gasteiger partial charge in [-0.3, -0.25) is 24.3 Å². The molecule has 3 amide bonds. The summed E-state index contributed by atoms with van der Waals surface area (Å²) in [5.74, 6) is -1.51. The number of benzene rings is 2. The highest BCUT2D eigenvalue weighted by atomic mass is 32.1. The van der Waals surface area contributed by atoms with Gasteiger partial charge in [0.25, 0.3) is 0 Å². The lowest BCUT2D eigenvalue weighted by Crippen LogP contribution is -2.58. The lowest BCUT2D eigenvalue weighted by atomic mass is 9.85. The molecule has 0 aliphatic carbocycles. The highest BCUT2D eigenvalue weighted by Crippen LogP contribution is 2.38. The van der Waals surface area contributed by atoms with Gasteiger partial charge in [0.05, 0.1) is 33.6 Å². The van der Waals surface area contributed by atoms with Crippen LogP contribution in [0.4, 0.5) is 20.4 Å². The first-order chi connectivity index (χ1) is 35.9. The zero-order valence-electron chi connectivity index (χ0n) is 43.3. The van der Waals surface area contributed by atoms with E-state index in [-0.39, 0.29) is 102 Å². The number of amides is 3. The number of ether oxygens (including phenoxy) is 1. The third-order valence-electron chi connectivity index (χ3n) is 15.4. The zero-order valence-corrected chi connectivity index (χ0v) is 44.1. The number of halogens is 2. The largest absolute Gasteiger partial charge is 0.462 e. The molecule has 396 valence electrons. The number of unbranched alkanes of at least 4 members (excludes halogenated alkanes) is 1. The first-order valence-corrected chi connectivity index (χ1v) is 27.0. The lowest BCUT2D eigenvalue weighted by Gasteiger charge is -2.46. The number of likely N-dealkylation sites (tertiary alicyclic amines) is 2. The molecule has 0 saturated carbocycles. The summed E-state index contributed by atoms with van der Waals surface area (Å²) in [6, 6.07) is 12.4. The van der Waals surface area contributed by atoms with Gasteiger partial charge < -0.3 is 41.3 Å². The fraction of sp³-hybridized carbons (Fsp3) is 0.491. The molecule has 0 spiro atoms. The van der Waals surface area contributed by atoms with Gasteiger partial charge in [0, 0.05) is 68.7 Å². The molecule has 4 aromatic heterocycles. The Morgan fingerprint density at radius 3 is 2.44 bits per heavy atom. The Hall–Kier alpha value is -6.48. The number of aryl methyl sites for hydroxylation is 1. The fourth-order valence-corrected chi connectivity index (χ4v) is 12.1.